The molecule has 1 aromatic heterocycles. The molecule has 25 heavy (non-hydrogen) atoms. The average molecular weight is 375 g/mol. The zero-order valence-corrected chi connectivity index (χ0v) is 14.2. The van der Waals surface area contributed by atoms with Crippen molar-refractivity contribution in [3.63, 3.8) is 0 Å². The minimum atomic E-state index is -4.53. The zero-order chi connectivity index (χ0) is 18.4. The molecule has 2 rings (SSSR count). The summed E-state index contributed by atoms with van der Waals surface area (Å²) in [4.78, 5) is 3.68. The number of aryl methyl sites for hydroxylation is 1. The van der Waals surface area contributed by atoms with Gasteiger partial charge in [0.1, 0.15) is 16.5 Å². The molecule has 1 heterocycles. The highest BCUT2D eigenvalue weighted by Gasteiger charge is 2.31. The highest BCUT2D eigenvalue weighted by Crippen LogP contribution is 2.36. The lowest BCUT2D eigenvalue weighted by molar-refractivity contribution is -0.137. The summed E-state index contributed by atoms with van der Waals surface area (Å²) in [6.45, 7) is 3.83. The second-order valence-corrected chi connectivity index (χ2v) is 5.44. The summed E-state index contributed by atoms with van der Waals surface area (Å²) in [5.74, 6) is 0.739. The number of methoxy groups -OCH3 is 1. The summed E-state index contributed by atoms with van der Waals surface area (Å²) in [7, 11) is 1.49. The minimum Gasteiger partial charge on any atom is -0.467 e. The molecule has 0 N–H and O–H groups in total. The van der Waals surface area contributed by atoms with Gasteiger partial charge >= 0.3 is 6.18 Å². The molecule has 1 radical (unpaired) electrons. The molecule has 8 heteroatoms. The number of alkyl halides is 3. The second kappa shape index (κ2) is 8.40. The van der Waals surface area contributed by atoms with E-state index in [0.29, 0.717) is 30.5 Å². The SMILES string of the molecule is [CH2]CCc1ccc(OCOC)cc1Oc1ncc(C(F)(F)F)cc1Cl. The lowest BCUT2D eigenvalue weighted by Crippen LogP contribution is -2.06. The molecule has 0 aliphatic heterocycles. The van der Waals surface area contributed by atoms with Crippen molar-refractivity contribution in [2.24, 2.45) is 0 Å². The molecule has 0 aliphatic rings. The van der Waals surface area contributed by atoms with Crippen molar-refractivity contribution >= 4 is 11.6 Å². The number of rotatable bonds is 7. The highest BCUT2D eigenvalue weighted by atomic mass is 35.5. The van der Waals surface area contributed by atoms with Gasteiger partial charge in [0, 0.05) is 19.4 Å². The number of aromatic nitrogens is 1. The molecule has 0 saturated heterocycles. The van der Waals surface area contributed by atoms with Crippen LogP contribution in [0.5, 0.6) is 17.4 Å². The Morgan fingerprint density at radius 2 is 2.00 bits per heavy atom. The van der Waals surface area contributed by atoms with Crippen LogP contribution in [0.1, 0.15) is 17.5 Å². The van der Waals surface area contributed by atoms with Crippen LogP contribution in [-0.2, 0) is 17.3 Å². The van der Waals surface area contributed by atoms with Crippen molar-refractivity contribution in [1.29, 1.82) is 0 Å². The Hall–Kier alpha value is -1.99. The maximum atomic E-state index is 12.7. The molecule has 4 nitrogen and oxygen atoms in total. The van der Waals surface area contributed by atoms with Gasteiger partial charge in [0.15, 0.2) is 6.79 Å². The Kier molecular flexibility index (Phi) is 6.50. The van der Waals surface area contributed by atoms with E-state index in [0.717, 1.165) is 11.6 Å². The van der Waals surface area contributed by atoms with Gasteiger partial charge in [-0.15, -0.1) is 0 Å². The molecule has 0 aliphatic carbocycles. The van der Waals surface area contributed by atoms with Gasteiger partial charge in [-0.3, -0.25) is 0 Å². The zero-order valence-electron chi connectivity index (χ0n) is 13.4. The van der Waals surface area contributed by atoms with Crippen LogP contribution in [0.3, 0.4) is 0 Å². The van der Waals surface area contributed by atoms with Crippen LogP contribution in [0.2, 0.25) is 5.02 Å². The first-order chi connectivity index (χ1) is 11.8. The van der Waals surface area contributed by atoms with E-state index in [1.165, 1.54) is 7.11 Å². The van der Waals surface area contributed by atoms with Gasteiger partial charge in [0.2, 0.25) is 5.88 Å². The van der Waals surface area contributed by atoms with E-state index in [-0.39, 0.29) is 17.7 Å². The first-order valence-electron chi connectivity index (χ1n) is 7.29. The van der Waals surface area contributed by atoms with E-state index in [1.54, 1.807) is 18.2 Å². The fourth-order valence-electron chi connectivity index (χ4n) is 2.00. The molecule has 1 aromatic carbocycles. The molecular weight excluding hydrogens is 359 g/mol. The van der Waals surface area contributed by atoms with E-state index in [1.807, 2.05) is 0 Å². The molecule has 0 saturated carbocycles. The van der Waals surface area contributed by atoms with E-state index < -0.39 is 11.7 Å². The Labute approximate surface area is 148 Å². The van der Waals surface area contributed by atoms with E-state index in [2.05, 4.69) is 11.9 Å². The molecule has 0 fully saturated rings. The topological polar surface area (TPSA) is 40.6 Å². The molecular formula is C17H16ClF3NO3. The van der Waals surface area contributed by atoms with Gasteiger partial charge in [0.05, 0.1) is 5.56 Å². The van der Waals surface area contributed by atoms with Crippen LogP contribution >= 0.6 is 11.6 Å². The third-order valence-electron chi connectivity index (χ3n) is 3.17. The molecule has 0 atom stereocenters. The predicted octanol–water partition coefficient (Wildman–Crippen LogP) is 5.30. The Morgan fingerprint density at radius 1 is 1.24 bits per heavy atom. The fourth-order valence-corrected chi connectivity index (χ4v) is 2.21. The van der Waals surface area contributed by atoms with Crippen LogP contribution in [0.4, 0.5) is 13.2 Å². The van der Waals surface area contributed by atoms with Crippen molar-refractivity contribution in [1.82, 2.24) is 4.98 Å². The Morgan fingerprint density at radius 3 is 2.60 bits per heavy atom. The van der Waals surface area contributed by atoms with E-state index in [9.17, 15) is 13.2 Å². The van der Waals surface area contributed by atoms with Gasteiger partial charge < -0.3 is 14.2 Å². The van der Waals surface area contributed by atoms with Gasteiger partial charge in [-0.1, -0.05) is 24.6 Å². The average Bonchev–Trinajstić information content (AvgIpc) is 2.56. The summed E-state index contributed by atoms with van der Waals surface area (Å²) in [5.41, 5.74) is -0.141. The predicted molar refractivity (Wildman–Crippen MR) is 86.9 cm³/mol. The largest absolute Gasteiger partial charge is 0.467 e. The van der Waals surface area contributed by atoms with Gasteiger partial charge in [-0.2, -0.15) is 13.2 Å². The molecule has 0 unspecified atom stereocenters. The van der Waals surface area contributed by atoms with Crippen molar-refractivity contribution in [3.05, 3.63) is 53.5 Å². The fraction of sp³-hybridized carbons (Fsp3) is 0.294. The molecule has 135 valence electrons. The van der Waals surface area contributed by atoms with E-state index in [4.69, 9.17) is 25.8 Å². The Bertz CT molecular complexity index is 723. The number of hydrogen-bond donors (Lipinski definition) is 0. The Balaban J connectivity index is 2.31. The maximum absolute atomic E-state index is 12.7. The van der Waals surface area contributed by atoms with Crippen LogP contribution in [0.15, 0.2) is 30.5 Å². The number of pyridine rings is 1. The summed E-state index contributed by atoms with van der Waals surface area (Å²) in [6, 6.07) is 5.89. The number of nitrogens with zero attached hydrogens (tertiary/aromatic N) is 1. The lowest BCUT2D eigenvalue weighted by Gasteiger charge is -2.14. The molecule has 0 amide bonds. The quantitative estimate of drug-likeness (QED) is 0.617. The normalized spacial score (nSPS) is 11.4. The molecule has 0 spiro atoms. The number of benzene rings is 1. The minimum absolute atomic E-state index is 0.0490. The first-order valence-corrected chi connectivity index (χ1v) is 7.67. The smallest absolute Gasteiger partial charge is 0.417 e. The van der Waals surface area contributed by atoms with Crippen molar-refractivity contribution in [2.45, 2.75) is 19.0 Å². The molecule has 0 bridgehead atoms. The third kappa shape index (κ3) is 5.24. The maximum Gasteiger partial charge on any atom is 0.417 e. The lowest BCUT2D eigenvalue weighted by atomic mass is 10.1. The van der Waals surface area contributed by atoms with Crippen LogP contribution in [0, 0.1) is 6.92 Å². The highest BCUT2D eigenvalue weighted by molar-refractivity contribution is 6.31. The van der Waals surface area contributed by atoms with Crippen molar-refractivity contribution in [3.8, 4) is 17.4 Å². The van der Waals surface area contributed by atoms with Gasteiger partial charge in [-0.05, 0) is 30.5 Å². The van der Waals surface area contributed by atoms with Crippen LogP contribution in [0.25, 0.3) is 0 Å². The monoisotopic (exact) mass is 374 g/mol. The van der Waals surface area contributed by atoms with Crippen LogP contribution < -0.4 is 9.47 Å². The summed E-state index contributed by atoms with van der Waals surface area (Å²) in [5, 5.41) is -0.237. The van der Waals surface area contributed by atoms with Crippen molar-refractivity contribution in [2.75, 3.05) is 13.9 Å². The summed E-state index contributed by atoms with van der Waals surface area (Å²) < 4.78 is 53.9. The summed E-state index contributed by atoms with van der Waals surface area (Å²) >= 11 is 5.89. The van der Waals surface area contributed by atoms with Gasteiger partial charge in [0.25, 0.3) is 0 Å². The van der Waals surface area contributed by atoms with Gasteiger partial charge in [-0.25, -0.2) is 4.98 Å². The standard InChI is InChI=1S/C17H16ClF3NO3/c1-3-4-11-5-6-13(24-10-23-2)8-15(11)25-16-14(18)7-12(9-22-16)17(19,20)21/h5-9H,1,3-4,10H2,2H3. The first kappa shape index (κ1) is 19.3. The third-order valence-corrected chi connectivity index (χ3v) is 3.44. The number of ether oxygens (including phenoxy) is 3. The second-order valence-electron chi connectivity index (χ2n) is 5.03. The summed E-state index contributed by atoms with van der Waals surface area (Å²) in [6.07, 6.45) is -2.63. The number of halogens is 4. The molecule has 2 aromatic rings. The van der Waals surface area contributed by atoms with Crippen molar-refractivity contribution < 1.29 is 27.4 Å². The number of hydrogen-bond acceptors (Lipinski definition) is 4. The van der Waals surface area contributed by atoms with E-state index >= 15 is 0 Å². The van der Waals surface area contributed by atoms with Crippen LogP contribution in [-0.4, -0.2) is 18.9 Å².